The van der Waals surface area contributed by atoms with Crippen LogP contribution in [0.3, 0.4) is 0 Å². The van der Waals surface area contributed by atoms with Gasteiger partial charge in [-0.05, 0) is 36.5 Å². The molecule has 0 saturated heterocycles. The number of H-pyrrole nitrogens is 2. The SMILES string of the molecule is CC(CCc1cc2[nH]c(=O)[nH]c2cc1Br)CC(=O)O. The minimum atomic E-state index is -0.767. The van der Waals surface area contributed by atoms with Gasteiger partial charge in [0.1, 0.15) is 0 Å². The average molecular weight is 327 g/mol. The molecule has 2 rings (SSSR count). The Balaban J connectivity index is 2.13. The molecule has 0 radical (unpaired) electrons. The van der Waals surface area contributed by atoms with Crippen LogP contribution >= 0.6 is 15.9 Å². The summed E-state index contributed by atoms with van der Waals surface area (Å²) in [6.45, 7) is 1.93. The highest BCUT2D eigenvalue weighted by Crippen LogP contribution is 2.24. The molecule has 0 fully saturated rings. The molecule has 0 amide bonds. The van der Waals surface area contributed by atoms with Crippen molar-refractivity contribution in [1.82, 2.24) is 9.97 Å². The van der Waals surface area contributed by atoms with Gasteiger partial charge in [-0.25, -0.2) is 4.79 Å². The van der Waals surface area contributed by atoms with Crippen LogP contribution in [0, 0.1) is 5.92 Å². The zero-order valence-electron chi connectivity index (χ0n) is 10.5. The van der Waals surface area contributed by atoms with Crippen LogP contribution in [0.15, 0.2) is 21.4 Å². The number of carbonyl (C=O) groups is 1. The Morgan fingerprint density at radius 3 is 2.63 bits per heavy atom. The van der Waals surface area contributed by atoms with Gasteiger partial charge in [0.15, 0.2) is 0 Å². The second kappa shape index (κ2) is 5.61. The molecule has 0 aliphatic carbocycles. The van der Waals surface area contributed by atoms with E-state index in [0.717, 1.165) is 33.9 Å². The molecule has 1 heterocycles. The first kappa shape index (κ1) is 13.9. The number of aromatic nitrogens is 2. The van der Waals surface area contributed by atoms with Crippen molar-refractivity contribution in [3.63, 3.8) is 0 Å². The highest BCUT2D eigenvalue weighted by atomic mass is 79.9. The first-order valence-corrected chi connectivity index (χ1v) is 6.87. The number of carboxylic acid groups (broad SMARTS) is 1. The molecular weight excluding hydrogens is 312 g/mol. The van der Waals surface area contributed by atoms with E-state index >= 15 is 0 Å². The van der Waals surface area contributed by atoms with E-state index in [1.807, 2.05) is 19.1 Å². The van der Waals surface area contributed by atoms with Gasteiger partial charge >= 0.3 is 11.7 Å². The van der Waals surface area contributed by atoms with Gasteiger partial charge in [0.05, 0.1) is 11.0 Å². The Morgan fingerprint density at radius 2 is 2.00 bits per heavy atom. The number of rotatable bonds is 5. The summed E-state index contributed by atoms with van der Waals surface area (Å²) in [6, 6.07) is 3.79. The molecule has 1 aromatic heterocycles. The number of nitrogens with one attached hydrogen (secondary N) is 2. The lowest BCUT2D eigenvalue weighted by Gasteiger charge is -2.09. The van der Waals surface area contributed by atoms with E-state index in [2.05, 4.69) is 25.9 Å². The molecule has 1 aromatic carbocycles. The number of imidazole rings is 1. The average Bonchev–Trinajstić information content (AvgIpc) is 2.64. The molecule has 0 spiro atoms. The maximum absolute atomic E-state index is 11.2. The van der Waals surface area contributed by atoms with Crippen molar-refractivity contribution in [2.24, 2.45) is 5.92 Å². The summed E-state index contributed by atoms with van der Waals surface area (Å²) in [5.41, 5.74) is 2.38. The van der Waals surface area contributed by atoms with Gasteiger partial charge in [0.25, 0.3) is 0 Å². The summed E-state index contributed by atoms with van der Waals surface area (Å²) in [5, 5.41) is 8.73. The lowest BCUT2D eigenvalue weighted by Crippen LogP contribution is -2.05. The third kappa shape index (κ3) is 3.47. The molecular formula is C13H15BrN2O3. The first-order valence-electron chi connectivity index (χ1n) is 6.08. The van der Waals surface area contributed by atoms with Gasteiger partial charge in [-0.1, -0.05) is 22.9 Å². The number of carboxylic acids is 1. The van der Waals surface area contributed by atoms with Crippen molar-refractivity contribution in [1.29, 1.82) is 0 Å². The Morgan fingerprint density at radius 1 is 1.37 bits per heavy atom. The lowest BCUT2D eigenvalue weighted by atomic mass is 9.98. The largest absolute Gasteiger partial charge is 0.481 e. The van der Waals surface area contributed by atoms with Crippen molar-refractivity contribution < 1.29 is 9.90 Å². The van der Waals surface area contributed by atoms with Crippen LogP contribution in [0.5, 0.6) is 0 Å². The predicted octanol–water partition coefficient (Wildman–Crippen LogP) is 2.66. The molecule has 0 saturated carbocycles. The van der Waals surface area contributed by atoms with Crippen LogP contribution in [0.2, 0.25) is 0 Å². The molecule has 0 bridgehead atoms. The molecule has 0 aliphatic heterocycles. The molecule has 1 unspecified atom stereocenters. The fourth-order valence-corrected chi connectivity index (χ4v) is 2.64. The van der Waals surface area contributed by atoms with E-state index in [-0.39, 0.29) is 18.0 Å². The first-order chi connectivity index (χ1) is 8.95. The predicted molar refractivity (Wildman–Crippen MR) is 76.4 cm³/mol. The Kier molecular flexibility index (Phi) is 4.09. The number of aliphatic carboxylic acids is 1. The smallest absolute Gasteiger partial charge is 0.323 e. The standard InChI is InChI=1S/C13H15BrN2O3/c1-7(4-12(17)18)2-3-8-5-10-11(6-9(8)14)16-13(19)15-10/h5-7H,2-4H2,1H3,(H,17,18)(H2,15,16,19). The fourth-order valence-electron chi connectivity index (χ4n) is 2.09. The summed E-state index contributed by atoms with van der Waals surface area (Å²) in [6.07, 6.45) is 1.75. The zero-order chi connectivity index (χ0) is 14.0. The topological polar surface area (TPSA) is 86.0 Å². The van der Waals surface area contributed by atoms with Crippen LogP contribution in [0.25, 0.3) is 11.0 Å². The monoisotopic (exact) mass is 326 g/mol. The number of fused-ring (bicyclic) bond motifs is 1. The highest BCUT2D eigenvalue weighted by molar-refractivity contribution is 9.10. The molecule has 2 aromatic rings. The Bertz CT molecular complexity index is 659. The van der Waals surface area contributed by atoms with Crippen LogP contribution in [-0.4, -0.2) is 21.0 Å². The van der Waals surface area contributed by atoms with Crippen molar-refractivity contribution >= 4 is 32.9 Å². The molecule has 3 N–H and O–H groups in total. The summed E-state index contributed by atoms with van der Waals surface area (Å²) in [4.78, 5) is 27.2. The van der Waals surface area contributed by atoms with E-state index < -0.39 is 5.97 Å². The van der Waals surface area contributed by atoms with E-state index in [0.29, 0.717) is 0 Å². The number of halogens is 1. The maximum Gasteiger partial charge on any atom is 0.323 e. The van der Waals surface area contributed by atoms with Crippen molar-refractivity contribution in [2.45, 2.75) is 26.2 Å². The molecule has 5 nitrogen and oxygen atoms in total. The fraction of sp³-hybridized carbons (Fsp3) is 0.385. The van der Waals surface area contributed by atoms with Crippen molar-refractivity contribution in [3.8, 4) is 0 Å². The lowest BCUT2D eigenvalue weighted by molar-refractivity contribution is -0.138. The summed E-state index contributed by atoms with van der Waals surface area (Å²) < 4.78 is 0.928. The van der Waals surface area contributed by atoms with Gasteiger partial charge in [0.2, 0.25) is 0 Å². The van der Waals surface area contributed by atoms with Crippen molar-refractivity contribution in [3.05, 3.63) is 32.7 Å². The maximum atomic E-state index is 11.2. The third-order valence-corrected chi connectivity index (χ3v) is 3.85. The summed E-state index contributed by atoms with van der Waals surface area (Å²) in [7, 11) is 0. The highest BCUT2D eigenvalue weighted by Gasteiger charge is 2.10. The van der Waals surface area contributed by atoms with Gasteiger partial charge in [-0.15, -0.1) is 0 Å². The number of aryl methyl sites for hydroxylation is 1. The minimum absolute atomic E-state index is 0.130. The van der Waals surface area contributed by atoms with Gasteiger partial charge in [-0.2, -0.15) is 0 Å². The molecule has 19 heavy (non-hydrogen) atoms. The van der Waals surface area contributed by atoms with Crippen LogP contribution in [0.1, 0.15) is 25.3 Å². The van der Waals surface area contributed by atoms with E-state index in [1.54, 1.807) is 0 Å². The minimum Gasteiger partial charge on any atom is -0.481 e. The summed E-state index contributed by atoms with van der Waals surface area (Å²) in [5.74, 6) is -0.637. The number of hydrogen-bond donors (Lipinski definition) is 3. The second-order valence-corrected chi connectivity index (χ2v) is 5.66. The van der Waals surface area contributed by atoms with Crippen LogP contribution in [0.4, 0.5) is 0 Å². The number of hydrogen-bond acceptors (Lipinski definition) is 2. The number of aromatic amines is 2. The Hall–Kier alpha value is -1.56. The van der Waals surface area contributed by atoms with Gasteiger partial charge in [-0.3, -0.25) is 4.79 Å². The van der Waals surface area contributed by atoms with Gasteiger partial charge in [0, 0.05) is 10.9 Å². The van der Waals surface area contributed by atoms with E-state index in [1.165, 1.54) is 0 Å². The third-order valence-electron chi connectivity index (χ3n) is 3.11. The Labute approximate surface area is 118 Å². The van der Waals surface area contributed by atoms with E-state index in [9.17, 15) is 9.59 Å². The molecule has 6 heteroatoms. The molecule has 0 aliphatic rings. The number of benzene rings is 1. The van der Waals surface area contributed by atoms with E-state index in [4.69, 9.17) is 5.11 Å². The van der Waals surface area contributed by atoms with Crippen molar-refractivity contribution in [2.75, 3.05) is 0 Å². The second-order valence-electron chi connectivity index (χ2n) is 4.81. The zero-order valence-corrected chi connectivity index (χ0v) is 12.1. The normalized spacial score (nSPS) is 12.7. The molecule has 102 valence electrons. The van der Waals surface area contributed by atoms with Gasteiger partial charge < -0.3 is 15.1 Å². The van der Waals surface area contributed by atoms with Crippen LogP contribution < -0.4 is 5.69 Å². The summed E-state index contributed by atoms with van der Waals surface area (Å²) >= 11 is 3.48. The van der Waals surface area contributed by atoms with Crippen LogP contribution in [-0.2, 0) is 11.2 Å². The molecule has 1 atom stereocenters. The quantitative estimate of drug-likeness (QED) is 0.789.